The second-order valence-electron chi connectivity index (χ2n) is 6.89. The zero-order valence-electron chi connectivity index (χ0n) is 15.4. The highest BCUT2D eigenvalue weighted by Crippen LogP contribution is 2.34. The summed E-state index contributed by atoms with van der Waals surface area (Å²) in [6.07, 6.45) is 3.07. The maximum atomic E-state index is 12.2. The molecule has 3 nitrogen and oxygen atoms in total. The average molecular weight is 344 g/mol. The van der Waals surface area contributed by atoms with Crippen molar-refractivity contribution in [2.75, 3.05) is 0 Å². The van der Waals surface area contributed by atoms with Gasteiger partial charge in [-0.05, 0) is 47.9 Å². The molecule has 3 heteroatoms. The summed E-state index contributed by atoms with van der Waals surface area (Å²) in [5.74, 6) is 0. The summed E-state index contributed by atoms with van der Waals surface area (Å²) in [7, 11) is 0. The summed E-state index contributed by atoms with van der Waals surface area (Å²) in [5, 5.41) is 11.1. The topological polar surface area (TPSA) is 56.6 Å². The van der Waals surface area contributed by atoms with Gasteiger partial charge in [0.1, 0.15) is 0 Å². The van der Waals surface area contributed by atoms with Crippen molar-refractivity contribution in [3.63, 3.8) is 0 Å². The zero-order valence-corrected chi connectivity index (χ0v) is 15.4. The quantitative estimate of drug-likeness (QED) is 0.692. The number of rotatable bonds is 6. The highest BCUT2D eigenvalue weighted by Gasteiger charge is 2.32. The lowest BCUT2D eigenvalue weighted by Gasteiger charge is -2.27. The van der Waals surface area contributed by atoms with Crippen LogP contribution in [0.15, 0.2) is 59.4 Å². The van der Waals surface area contributed by atoms with Crippen LogP contribution < -0.4 is 5.56 Å². The Morgan fingerprint density at radius 2 is 1.85 bits per heavy atom. The lowest BCUT2D eigenvalue weighted by atomic mass is 9.73. The molecule has 0 bridgehead atoms. The number of hydrogen-bond donors (Lipinski definition) is 1. The molecule has 26 heavy (non-hydrogen) atoms. The fraction of sp³-hybridized carbons (Fsp3) is 0.304. The molecular formula is C23H24N2O. The predicted octanol–water partition coefficient (Wildman–Crippen LogP) is 4.89. The van der Waals surface area contributed by atoms with E-state index < -0.39 is 5.41 Å². The Bertz CT molecular complexity index is 998. The first kappa shape index (κ1) is 17.9. The van der Waals surface area contributed by atoms with Crippen molar-refractivity contribution in [2.45, 2.75) is 44.9 Å². The van der Waals surface area contributed by atoms with Gasteiger partial charge in [0.25, 0.3) is 5.56 Å². The van der Waals surface area contributed by atoms with Gasteiger partial charge in [-0.3, -0.25) is 4.79 Å². The molecule has 0 spiro atoms. The summed E-state index contributed by atoms with van der Waals surface area (Å²) in [4.78, 5) is 15.2. The van der Waals surface area contributed by atoms with Crippen LogP contribution in [0.4, 0.5) is 0 Å². The standard InChI is InChI=1S/C23H24N2O/c1-3-12-23(16-24,15-17-8-6-5-7-9-17)20-11-10-19-13-18(4-2)22(26)25-21(19)14-20/h5-11,13-14H,3-4,12,15H2,1-2H3,(H,25,26). The number of nitriles is 1. The fourth-order valence-electron chi connectivity index (χ4n) is 3.67. The van der Waals surface area contributed by atoms with E-state index in [9.17, 15) is 10.1 Å². The Hall–Kier alpha value is -2.86. The van der Waals surface area contributed by atoms with Crippen LogP contribution in [-0.2, 0) is 18.3 Å². The summed E-state index contributed by atoms with van der Waals surface area (Å²) < 4.78 is 0. The van der Waals surface area contributed by atoms with Gasteiger partial charge < -0.3 is 4.98 Å². The minimum Gasteiger partial charge on any atom is -0.322 e. The minimum absolute atomic E-state index is 0.0433. The number of nitrogens with one attached hydrogen (secondary N) is 1. The average Bonchev–Trinajstić information content (AvgIpc) is 2.67. The summed E-state index contributed by atoms with van der Waals surface area (Å²) >= 11 is 0. The number of aromatic amines is 1. The first-order chi connectivity index (χ1) is 12.6. The van der Waals surface area contributed by atoms with E-state index in [1.165, 1.54) is 0 Å². The molecular weight excluding hydrogens is 320 g/mol. The summed E-state index contributed by atoms with van der Waals surface area (Å²) in [5.41, 5.74) is 3.07. The number of H-pyrrole nitrogens is 1. The van der Waals surface area contributed by atoms with Gasteiger partial charge in [-0.2, -0.15) is 5.26 Å². The van der Waals surface area contributed by atoms with E-state index in [0.29, 0.717) is 12.8 Å². The van der Waals surface area contributed by atoms with Crippen LogP contribution in [0, 0.1) is 11.3 Å². The zero-order chi connectivity index (χ0) is 18.6. The first-order valence-electron chi connectivity index (χ1n) is 9.23. The van der Waals surface area contributed by atoms with Crippen LogP contribution in [0.3, 0.4) is 0 Å². The SMILES string of the molecule is CCCC(C#N)(Cc1ccccc1)c1ccc2cc(CC)c(=O)[nH]c2c1. The molecule has 0 aliphatic heterocycles. The van der Waals surface area contributed by atoms with Crippen molar-refractivity contribution in [3.8, 4) is 6.07 Å². The van der Waals surface area contributed by atoms with E-state index in [1.54, 1.807) is 0 Å². The number of nitrogens with zero attached hydrogens (tertiary/aromatic N) is 1. The van der Waals surface area contributed by atoms with Crippen molar-refractivity contribution in [1.29, 1.82) is 5.26 Å². The molecule has 0 saturated heterocycles. The Morgan fingerprint density at radius 1 is 1.08 bits per heavy atom. The van der Waals surface area contributed by atoms with Crippen LogP contribution in [-0.4, -0.2) is 4.98 Å². The van der Waals surface area contributed by atoms with Gasteiger partial charge in [-0.1, -0.05) is 62.7 Å². The third-order valence-corrected chi connectivity index (χ3v) is 5.10. The number of benzene rings is 2. The number of aromatic nitrogens is 1. The normalized spacial score (nSPS) is 13.3. The van der Waals surface area contributed by atoms with E-state index in [4.69, 9.17) is 0 Å². The lowest BCUT2D eigenvalue weighted by molar-refractivity contribution is 0.493. The maximum Gasteiger partial charge on any atom is 0.251 e. The molecule has 0 saturated carbocycles. The number of hydrogen-bond acceptors (Lipinski definition) is 2. The molecule has 0 aliphatic carbocycles. The Kier molecular flexibility index (Phi) is 5.23. The molecule has 3 aromatic rings. The Balaban J connectivity index is 2.11. The van der Waals surface area contributed by atoms with Crippen LogP contribution >= 0.6 is 0 Å². The third-order valence-electron chi connectivity index (χ3n) is 5.10. The molecule has 3 rings (SSSR count). The van der Waals surface area contributed by atoms with Crippen molar-refractivity contribution in [3.05, 3.63) is 81.6 Å². The largest absolute Gasteiger partial charge is 0.322 e. The second kappa shape index (κ2) is 7.58. The smallest absolute Gasteiger partial charge is 0.251 e. The molecule has 0 radical (unpaired) electrons. The molecule has 0 aliphatic rings. The van der Waals surface area contributed by atoms with E-state index >= 15 is 0 Å². The van der Waals surface area contributed by atoms with E-state index in [2.05, 4.69) is 30.1 Å². The molecule has 132 valence electrons. The molecule has 1 heterocycles. The van der Waals surface area contributed by atoms with Crippen LogP contribution in [0.5, 0.6) is 0 Å². The van der Waals surface area contributed by atoms with Crippen LogP contribution in [0.25, 0.3) is 10.9 Å². The molecule has 1 aromatic heterocycles. The van der Waals surface area contributed by atoms with Gasteiger partial charge in [0.05, 0.1) is 11.5 Å². The van der Waals surface area contributed by atoms with Crippen LogP contribution in [0.1, 0.15) is 43.4 Å². The predicted molar refractivity (Wildman–Crippen MR) is 106 cm³/mol. The first-order valence-corrected chi connectivity index (χ1v) is 9.23. The Morgan fingerprint density at radius 3 is 2.50 bits per heavy atom. The van der Waals surface area contributed by atoms with Crippen molar-refractivity contribution in [1.82, 2.24) is 4.98 Å². The van der Waals surface area contributed by atoms with E-state index in [1.807, 2.05) is 49.4 Å². The van der Waals surface area contributed by atoms with Gasteiger partial charge in [0.2, 0.25) is 0 Å². The fourth-order valence-corrected chi connectivity index (χ4v) is 3.67. The summed E-state index contributed by atoms with van der Waals surface area (Å²) in [6, 6.07) is 20.7. The third kappa shape index (κ3) is 3.41. The van der Waals surface area contributed by atoms with Gasteiger partial charge in [-0.15, -0.1) is 0 Å². The molecule has 1 N–H and O–H groups in total. The molecule has 1 unspecified atom stereocenters. The monoisotopic (exact) mass is 344 g/mol. The van der Waals surface area contributed by atoms with Crippen molar-refractivity contribution >= 4 is 10.9 Å². The highest BCUT2D eigenvalue weighted by molar-refractivity contribution is 5.80. The second-order valence-corrected chi connectivity index (χ2v) is 6.89. The van der Waals surface area contributed by atoms with E-state index in [0.717, 1.165) is 40.4 Å². The summed E-state index contributed by atoms with van der Waals surface area (Å²) in [6.45, 7) is 4.08. The number of aryl methyl sites for hydroxylation is 1. The van der Waals surface area contributed by atoms with Crippen molar-refractivity contribution in [2.24, 2.45) is 0 Å². The molecule has 0 fully saturated rings. The van der Waals surface area contributed by atoms with E-state index in [-0.39, 0.29) is 5.56 Å². The highest BCUT2D eigenvalue weighted by atomic mass is 16.1. The maximum absolute atomic E-state index is 12.2. The number of pyridine rings is 1. The molecule has 1 atom stereocenters. The number of fused-ring (bicyclic) bond motifs is 1. The molecule has 2 aromatic carbocycles. The Labute approximate surface area is 154 Å². The van der Waals surface area contributed by atoms with Gasteiger partial charge in [0, 0.05) is 11.1 Å². The minimum atomic E-state index is -0.593. The molecule has 0 amide bonds. The van der Waals surface area contributed by atoms with Gasteiger partial charge in [0.15, 0.2) is 0 Å². The van der Waals surface area contributed by atoms with Gasteiger partial charge >= 0.3 is 0 Å². The van der Waals surface area contributed by atoms with Crippen molar-refractivity contribution < 1.29 is 0 Å². The lowest BCUT2D eigenvalue weighted by Crippen LogP contribution is -2.27. The van der Waals surface area contributed by atoms with Gasteiger partial charge in [-0.25, -0.2) is 0 Å². The van der Waals surface area contributed by atoms with Crippen LogP contribution in [0.2, 0.25) is 0 Å².